The van der Waals surface area contributed by atoms with Crippen LogP contribution in [0.4, 0.5) is 0 Å². The van der Waals surface area contributed by atoms with E-state index in [1.165, 1.54) is 26.0 Å². The molecule has 1 heterocycles. The fraction of sp³-hybridized carbons (Fsp3) is 0.138. The number of methoxy groups -OCH3 is 3. The first-order valence-corrected chi connectivity index (χ1v) is 11.5. The second-order valence-corrected chi connectivity index (χ2v) is 7.76. The van der Waals surface area contributed by atoms with Crippen LogP contribution in [0.15, 0.2) is 84.9 Å². The number of rotatable bonds is 9. The Kier molecular flexibility index (Phi) is 8.00. The second-order valence-electron chi connectivity index (χ2n) is 7.76. The Balaban J connectivity index is 1.85. The van der Waals surface area contributed by atoms with Crippen molar-refractivity contribution < 1.29 is 28.5 Å². The minimum Gasteiger partial charge on any atom is -0.493 e. The summed E-state index contributed by atoms with van der Waals surface area (Å²) in [5, 5.41) is 4.66. The van der Waals surface area contributed by atoms with Gasteiger partial charge in [0.15, 0.2) is 17.2 Å². The maximum atomic E-state index is 13.0. The molecule has 188 valence electrons. The van der Waals surface area contributed by atoms with Crippen LogP contribution >= 0.6 is 0 Å². The molecule has 37 heavy (non-hydrogen) atoms. The number of nitrogens with zero attached hydrogens (tertiary/aromatic N) is 2. The van der Waals surface area contributed by atoms with E-state index in [1.54, 1.807) is 42.5 Å². The van der Waals surface area contributed by atoms with Gasteiger partial charge in [-0.3, -0.25) is 0 Å². The smallest absolute Gasteiger partial charge is 0.357 e. The summed E-state index contributed by atoms with van der Waals surface area (Å²) in [6.45, 7) is 0.221. The molecule has 8 heteroatoms. The molecule has 0 aliphatic heterocycles. The Morgan fingerprint density at radius 3 is 2.16 bits per heavy atom. The lowest BCUT2D eigenvalue weighted by Gasteiger charge is -2.14. The van der Waals surface area contributed by atoms with Crippen molar-refractivity contribution in [1.82, 2.24) is 9.78 Å². The monoisotopic (exact) mass is 498 g/mol. The zero-order valence-electron chi connectivity index (χ0n) is 20.7. The maximum Gasteiger partial charge on any atom is 0.357 e. The third kappa shape index (κ3) is 5.38. The van der Waals surface area contributed by atoms with E-state index in [9.17, 15) is 9.59 Å². The molecule has 8 nitrogen and oxygen atoms in total. The molecule has 0 radical (unpaired) electrons. The summed E-state index contributed by atoms with van der Waals surface area (Å²) < 4.78 is 23.1. The third-order valence-corrected chi connectivity index (χ3v) is 5.54. The molecule has 3 aromatic carbocycles. The Labute approximate surface area is 214 Å². The molecular formula is C29H26N2O6. The quantitative estimate of drug-likeness (QED) is 0.293. The lowest BCUT2D eigenvalue weighted by atomic mass is 10.0. The van der Waals surface area contributed by atoms with E-state index in [1.807, 2.05) is 48.6 Å². The van der Waals surface area contributed by atoms with Crippen LogP contribution in [0.1, 0.15) is 26.4 Å². The predicted octanol–water partition coefficient (Wildman–Crippen LogP) is 5.21. The fourth-order valence-corrected chi connectivity index (χ4v) is 3.83. The van der Waals surface area contributed by atoms with Crippen LogP contribution in [0.3, 0.4) is 0 Å². The van der Waals surface area contributed by atoms with Gasteiger partial charge in [-0.2, -0.15) is 5.10 Å². The number of carbonyl (C=O) groups is 2. The normalized spacial score (nSPS) is 10.8. The minimum absolute atomic E-state index is 0.0452. The molecule has 0 fully saturated rings. The van der Waals surface area contributed by atoms with Crippen LogP contribution in [0.2, 0.25) is 0 Å². The van der Waals surface area contributed by atoms with E-state index in [4.69, 9.17) is 18.9 Å². The van der Waals surface area contributed by atoms with Gasteiger partial charge in [-0.25, -0.2) is 14.3 Å². The first-order valence-electron chi connectivity index (χ1n) is 11.5. The van der Waals surface area contributed by atoms with Crippen molar-refractivity contribution in [2.45, 2.75) is 0 Å². The van der Waals surface area contributed by atoms with Gasteiger partial charge in [0, 0.05) is 5.56 Å². The van der Waals surface area contributed by atoms with Crippen LogP contribution < -0.4 is 9.47 Å². The molecule has 0 atom stereocenters. The molecule has 0 amide bonds. The molecule has 0 bridgehead atoms. The summed E-state index contributed by atoms with van der Waals surface area (Å²) in [5.41, 5.74) is 2.13. The van der Waals surface area contributed by atoms with Gasteiger partial charge >= 0.3 is 11.9 Å². The molecule has 0 aliphatic carbocycles. The van der Waals surface area contributed by atoms with Crippen LogP contribution in [-0.2, 0) is 9.47 Å². The molecule has 0 saturated heterocycles. The molecule has 4 aromatic rings. The average molecular weight is 499 g/mol. The highest BCUT2D eigenvalue weighted by Crippen LogP contribution is 2.40. The number of para-hydroxylation sites is 2. The highest BCUT2D eigenvalue weighted by molar-refractivity contribution is 6.07. The summed E-state index contributed by atoms with van der Waals surface area (Å²) in [6, 6.07) is 24.0. The number of carbonyl (C=O) groups excluding carboxylic acids is 2. The first kappa shape index (κ1) is 25.2. The van der Waals surface area contributed by atoms with Gasteiger partial charge in [-0.1, -0.05) is 60.7 Å². The minimum atomic E-state index is -0.740. The van der Waals surface area contributed by atoms with Gasteiger partial charge in [-0.15, -0.1) is 0 Å². The molecule has 1 aromatic heterocycles. The number of hydrogen-bond donors (Lipinski definition) is 0. The van der Waals surface area contributed by atoms with Crippen LogP contribution in [-0.4, -0.2) is 49.7 Å². The van der Waals surface area contributed by atoms with Crippen LogP contribution in [0, 0.1) is 0 Å². The number of ether oxygens (including phenoxy) is 4. The van der Waals surface area contributed by atoms with Crippen LogP contribution in [0.25, 0.3) is 23.0 Å². The van der Waals surface area contributed by atoms with E-state index >= 15 is 0 Å². The lowest BCUT2D eigenvalue weighted by molar-refractivity contribution is 0.0549. The zero-order valence-corrected chi connectivity index (χ0v) is 20.7. The number of benzene rings is 3. The van der Waals surface area contributed by atoms with Crippen molar-refractivity contribution in [2.75, 3.05) is 27.9 Å². The Morgan fingerprint density at radius 1 is 0.838 bits per heavy atom. The Bertz CT molecular complexity index is 1410. The summed E-state index contributed by atoms with van der Waals surface area (Å²) in [6.07, 6.45) is 3.81. The molecule has 0 spiro atoms. The maximum absolute atomic E-state index is 13.0. The number of aromatic nitrogens is 2. The summed E-state index contributed by atoms with van der Waals surface area (Å²) in [7, 11) is 4.00. The van der Waals surface area contributed by atoms with Gasteiger partial charge in [-0.05, 0) is 35.9 Å². The Morgan fingerprint density at radius 2 is 1.51 bits per heavy atom. The summed E-state index contributed by atoms with van der Waals surface area (Å²) in [5.74, 6) is -0.674. The number of hydrogen-bond acceptors (Lipinski definition) is 7. The van der Waals surface area contributed by atoms with Crippen molar-refractivity contribution in [1.29, 1.82) is 0 Å². The Hall–Kier alpha value is -4.85. The molecule has 4 rings (SSSR count). The average Bonchev–Trinajstić information content (AvgIpc) is 3.36. The van der Waals surface area contributed by atoms with Gasteiger partial charge < -0.3 is 18.9 Å². The second kappa shape index (κ2) is 11.7. The van der Waals surface area contributed by atoms with Gasteiger partial charge in [0.05, 0.1) is 27.0 Å². The first-order chi connectivity index (χ1) is 18.1. The topological polar surface area (TPSA) is 88.9 Å². The van der Waals surface area contributed by atoms with Crippen molar-refractivity contribution in [3.05, 3.63) is 102 Å². The highest BCUT2D eigenvalue weighted by Gasteiger charge is 2.33. The van der Waals surface area contributed by atoms with E-state index in [0.29, 0.717) is 22.7 Å². The molecule has 0 aliphatic rings. The van der Waals surface area contributed by atoms with Crippen molar-refractivity contribution in [3.63, 3.8) is 0 Å². The van der Waals surface area contributed by atoms with E-state index < -0.39 is 11.9 Å². The van der Waals surface area contributed by atoms with Crippen molar-refractivity contribution >= 4 is 18.0 Å². The van der Waals surface area contributed by atoms with E-state index in [0.717, 1.165) is 5.56 Å². The van der Waals surface area contributed by atoms with Gasteiger partial charge in [0.2, 0.25) is 0 Å². The highest BCUT2D eigenvalue weighted by atomic mass is 16.5. The third-order valence-electron chi connectivity index (χ3n) is 5.54. The molecular weight excluding hydrogens is 472 g/mol. The predicted molar refractivity (Wildman–Crippen MR) is 139 cm³/mol. The standard InChI is InChI=1S/C29H26N2O6/c1-34-23-18-10-17-22(27(23)37-19-11-14-20-12-6-4-7-13-20)25-24(28(32)35-2)26(29(33)36-3)31(30-25)21-15-8-5-9-16-21/h4-18H,19H2,1-3H3. The number of esters is 2. The summed E-state index contributed by atoms with van der Waals surface area (Å²) in [4.78, 5) is 25.9. The molecule has 0 saturated carbocycles. The largest absolute Gasteiger partial charge is 0.493 e. The van der Waals surface area contributed by atoms with Gasteiger partial charge in [0.1, 0.15) is 17.9 Å². The zero-order chi connectivity index (χ0) is 26.2. The van der Waals surface area contributed by atoms with Crippen molar-refractivity contribution in [3.8, 4) is 28.4 Å². The van der Waals surface area contributed by atoms with Gasteiger partial charge in [0.25, 0.3) is 0 Å². The van der Waals surface area contributed by atoms with Crippen molar-refractivity contribution in [2.24, 2.45) is 0 Å². The van der Waals surface area contributed by atoms with E-state index in [-0.39, 0.29) is 23.6 Å². The SMILES string of the molecule is COC(=O)c1c(-c2cccc(OC)c2OCC=Cc2ccccc2)nn(-c2ccccc2)c1C(=O)OC. The lowest BCUT2D eigenvalue weighted by Crippen LogP contribution is -2.15. The molecule has 0 N–H and O–H groups in total. The summed E-state index contributed by atoms with van der Waals surface area (Å²) >= 11 is 0. The fourth-order valence-electron chi connectivity index (χ4n) is 3.83. The molecule has 0 unspecified atom stereocenters. The van der Waals surface area contributed by atoms with E-state index in [2.05, 4.69) is 5.10 Å². The van der Waals surface area contributed by atoms with Crippen LogP contribution in [0.5, 0.6) is 11.5 Å².